The highest BCUT2D eigenvalue weighted by Gasteiger charge is 2.08. The summed E-state index contributed by atoms with van der Waals surface area (Å²) in [5.74, 6) is 1.61. The maximum atomic E-state index is 4.53. The maximum Gasteiger partial charge on any atom is 0.162 e. The lowest BCUT2D eigenvalue weighted by atomic mass is 10.2. The quantitative estimate of drug-likeness (QED) is 0.788. The summed E-state index contributed by atoms with van der Waals surface area (Å²) in [5.41, 5.74) is 1.00. The maximum absolute atomic E-state index is 4.53. The number of aromatic nitrogens is 2. The van der Waals surface area contributed by atoms with Crippen LogP contribution >= 0.6 is 38.5 Å². The Labute approximate surface area is 122 Å². The first kappa shape index (κ1) is 12.8. The van der Waals surface area contributed by atoms with Gasteiger partial charge >= 0.3 is 0 Å². The number of rotatable bonds is 3. The molecule has 0 amide bonds. The molecule has 2 aromatic rings. The Morgan fingerprint density at radius 1 is 1.35 bits per heavy atom. The van der Waals surface area contributed by atoms with Crippen LogP contribution in [-0.4, -0.2) is 16.5 Å². The van der Waals surface area contributed by atoms with Gasteiger partial charge in [-0.1, -0.05) is 34.1 Å². The fourth-order valence-corrected chi connectivity index (χ4v) is 2.34. The highest BCUT2D eigenvalue weighted by atomic mass is 127. The van der Waals surface area contributed by atoms with Gasteiger partial charge in [0.2, 0.25) is 0 Å². The molecule has 1 aromatic heterocycles. The van der Waals surface area contributed by atoms with Crippen molar-refractivity contribution < 1.29 is 0 Å². The second-order valence-electron chi connectivity index (χ2n) is 3.40. The van der Waals surface area contributed by atoms with Crippen LogP contribution in [-0.2, 0) is 0 Å². The number of anilines is 1. The van der Waals surface area contributed by atoms with Gasteiger partial charge in [0.15, 0.2) is 5.82 Å². The summed E-state index contributed by atoms with van der Waals surface area (Å²) in [7, 11) is 0. The molecule has 0 saturated carbocycles. The van der Waals surface area contributed by atoms with Crippen molar-refractivity contribution in [1.82, 2.24) is 9.97 Å². The molecular formula is C12H11BrIN3. The molecule has 0 aliphatic carbocycles. The molecule has 0 bridgehead atoms. The zero-order valence-corrected chi connectivity index (χ0v) is 13.0. The first-order valence-electron chi connectivity index (χ1n) is 5.23. The van der Waals surface area contributed by atoms with E-state index in [1.807, 2.05) is 30.5 Å². The molecular weight excluding hydrogens is 393 g/mol. The second kappa shape index (κ2) is 5.77. The summed E-state index contributed by atoms with van der Waals surface area (Å²) >= 11 is 5.74. The van der Waals surface area contributed by atoms with Gasteiger partial charge in [0, 0.05) is 22.8 Å². The van der Waals surface area contributed by atoms with Crippen molar-refractivity contribution in [2.75, 3.05) is 11.9 Å². The van der Waals surface area contributed by atoms with Crippen LogP contribution in [0.4, 0.5) is 5.82 Å². The van der Waals surface area contributed by atoms with Crippen LogP contribution in [0, 0.1) is 3.57 Å². The second-order valence-corrected chi connectivity index (χ2v) is 5.42. The highest BCUT2D eigenvalue weighted by Crippen LogP contribution is 2.26. The van der Waals surface area contributed by atoms with Crippen molar-refractivity contribution in [3.63, 3.8) is 0 Å². The average molecular weight is 404 g/mol. The Balaban J connectivity index is 2.46. The molecule has 1 heterocycles. The van der Waals surface area contributed by atoms with Crippen molar-refractivity contribution in [2.24, 2.45) is 0 Å². The van der Waals surface area contributed by atoms with Crippen LogP contribution in [0.2, 0.25) is 0 Å². The Morgan fingerprint density at radius 2 is 2.12 bits per heavy atom. The van der Waals surface area contributed by atoms with Crippen molar-refractivity contribution in [3.05, 3.63) is 38.5 Å². The van der Waals surface area contributed by atoms with Gasteiger partial charge in [0.05, 0.1) is 3.57 Å². The number of nitrogens with one attached hydrogen (secondary N) is 1. The molecule has 5 heteroatoms. The van der Waals surface area contributed by atoms with Crippen molar-refractivity contribution in [1.29, 1.82) is 0 Å². The number of halogens is 2. The fourth-order valence-electron chi connectivity index (χ4n) is 1.43. The molecule has 17 heavy (non-hydrogen) atoms. The Kier molecular flexibility index (Phi) is 4.33. The van der Waals surface area contributed by atoms with Gasteiger partial charge in [-0.2, -0.15) is 0 Å². The topological polar surface area (TPSA) is 37.8 Å². The molecule has 1 aromatic carbocycles. The van der Waals surface area contributed by atoms with E-state index in [1.165, 1.54) is 0 Å². The standard InChI is InChI=1S/C12H11BrIN3/c1-2-15-12-10(14)7-16-11(17-12)8-5-3-4-6-9(8)13/h3-7H,2H2,1H3,(H,15,16,17). The predicted octanol–water partition coefficient (Wildman–Crippen LogP) is 3.94. The molecule has 0 unspecified atom stereocenters. The molecule has 2 rings (SSSR count). The van der Waals surface area contributed by atoms with E-state index in [0.717, 1.165) is 31.8 Å². The van der Waals surface area contributed by atoms with Gasteiger partial charge in [-0.3, -0.25) is 0 Å². The minimum atomic E-state index is 0.730. The Morgan fingerprint density at radius 3 is 2.82 bits per heavy atom. The van der Waals surface area contributed by atoms with Crippen LogP contribution in [0.1, 0.15) is 6.92 Å². The van der Waals surface area contributed by atoms with Gasteiger partial charge in [-0.05, 0) is 35.6 Å². The summed E-state index contributed by atoms with van der Waals surface area (Å²) < 4.78 is 2.03. The van der Waals surface area contributed by atoms with Gasteiger partial charge in [0.25, 0.3) is 0 Å². The molecule has 0 spiro atoms. The Hall–Kier alpha value is -0.690. The summed E-state index contributed by atoms with van der Waals surface area (Å²) in [4.78, 5) is 8.90. The van der Waals surface area contributed by atoms with E-state index in [2.05, 4.69) is 60.7 Å². The summed E-state index contributed by atoms with van der Waals surface area (Å²) in [6.07, 6.45) is 1.83. The predicted molar refractivity (Wildman–Crippen MR) is 82.0 cm³/mol. The third-order valence-corrected chi connectivity index (χ3v) is 3.68. The lowest BCUT2D eigenvalue weighted by Gasteiger charge is -2.08. The SMILES string of the molecule is CCNc1nc(-c2ccccc2Br)ncc1I. The fraction of sp³-hybridized carbons (Fsp3) is 0.167. The van der Waals surface area contributed by atoms with E-state index in [0.29, 0.717) is 0 Å². The van der Waals surface area contributed by atoms with E-state index >= 15 is 0 Å². The van der Waals surface area contributed by atoms with E-state index in [1.54, 1.807) is 0 Å². The number of nitrogens with zero attached hydrogens (tertiary/aromatic N) is 2. The molecule has 0 radical (unpaired) electrons. The van der Waals surface area contributed by atoms with Crippen LogP contribution in [0.15, 0.2) is 34.9 Å². The van der Waals surface area contributed by atoms with Gasteiger partial charge < -0.3 is 5.32 Å². The van der Waals surface area contributed by atoms with E-state index < -0.39 is 0 Å². The van der Waals surface area contributed by atoms with E-state index in [-0.39, 0.29) is 0 Å². The molecule has 0 atom stereocenters. The first-order chi connectivity index (χ1) is 8.22. The van der Waals surface area contributed by atoms with Crippen molar-refractivity contribution >= 4 is 44.3 Å². The summed E-state index contributed by atoms with van der Waals surface area (Å²) in [6, 6.07) is 7.95. The molecule has 0 saturated heterocycles. The molecule has 0 aliphatic heterocycles. The normalized spacial score (nSPS) is 10.3. The first-order valence-corrected chi connectivity index (χ1v) is 7.11. The third kappa shape index (κ3) is 2.95. The van der Waals surface area contributed by atoms with Gasteiger partial charge in [-0.15, -0.1) is 0 Å². The largest absolute Gasteiger partial charge is 0.369 e. The molecule has 0 aliphatic rings. The highest BCUT2D eigenvalue weighted by molar-refractivity contribution is 14.1. The van der Waals surface area contributed by atoms with E-state index in [9.17, 15) is 0 Å². The lowest BCUT2D eigenvalue weighted by Crippen LogP contribution is -2.03. The summed E-state index contributed by atoms with van der Waals surface area (Å²) in [5, 5.41) is 3.23. The lowest BCUT2D eigenvalue weighted by molar-refractivity contribution is 1.10. The minimum absolute atomic E-state index is 0.730. The van der Waals surface area contributed by atoms with E-state index in [4.69, 9.17) is 0 Å². The van der Waals surface area contributed by atoms with Crippen LogP contribution in [0.5, 0.6) is 0 Å². The van der Waals surface area contributed by atoms with Crippen LogP contribution in [0.25, 0.3) is 11.4 Å². The molecule has 0 fully saturated rings. The zero-order chi connectivity index (χ0) is 12.3. The smallest absolute Gasteiger partial charge is 0.162 e. The number of hydrogen-bond acceptors (Lipinski definition) is 3. The molecule has 1 N–H and O–H groups in total. The molecule has 88 valence electrons. The number of benzene rings is 1. The van der Waals surface area contributed by atoms with Crippen LogP contribution in [0.3, 0.4) is 0 Å². The van der Waals surface area contributed by atoms with Gasteiger partial charge in [0.1, 0.15) is 5.82 Å². The van der Waals surface area contributed by atoms with Gasteiger partial charge in [-0.25, -0.2) is 9.97 Å². The average Bonchev–Trinajstić information content (AvgIpc) is 2.33. The van der Waals surface area contributed by atoms with Crippen LogP contribution < -0.4 is 5.32 Å². The van der Waals surface area contributed by atoms with Crippen molar-refractivity contribution in [2.45, 2.75) is 6.92 Å². The number of hydrogen-bond donors (Lipinski definition) is 1. The molecule has 3 nitrogen and oxygen atoms in total. The Bertz CT molecular complexity index is 531. The monoisotopic (exact) mass is 403 g/mol. The summed E-state index contributed by atoms with van der Waals surface area (Å²) in [6.45, 7) is 2.90. The minimum Gasteiger partial charge on any atom is -0.369 e. The zero-order valence-electron chi connectivity index (χ0n) is 9.24. The van der Waals surface area contributed by atoms with Crippen molar-refractivity contribution in [3.8, 4) is 11.4 Å². The third-order valence-electron chi connectivity index (χ3n) is 2.20.